The average molecular weight is 517 g/mol. The number of ether oxygens (including phenoxy) is 2. The molecular formula is C28H28N4O4S. The summed E-state index contributed by atoms with van der Waals surface area (Å²) in [6.45, 7) is 6.83. The quantitative estimate of drug-likeness (QED) is 0.359. The largest absolute Gasteiger partial charge is 0.486 e. The molecule has 1 N–H and O–H groups in total. The Kier molecular flexibility index (Phi) is 6.80. The first-order chi connectivity index (χ1) is 17.7. The molecule has 0 atom stereocenters. The van der Waals surface area contributed by atoms with Crippen molar-refractivity contribution in [2.24, 2.45) is 0 Å². The van der Waals surface area contributed by atoms with Gasteiger partial charge in [-0.1, -0.05) is 53.8 Å². The molecule has 1 aliphatic rings. The van der Waals surface area contributed by atoms with Gasteiger partial charge in [-0.05, 0) is 61.9 Å². The lowest BCUT2D eigenvalue weighted by atomic mass is 9.97. The Morgan fingerprint density at radius 1 is 1.03 bits per heavy atom. The van der Waals surface area contributed by atoms with Crippen molar-refractivity contribution in [3.63, 3.8) is 0 Å². The highest BCUT2D eigenvalue weighted by molar-refractivity contribution is 7.15. The van der Waals surface area contributed by atoms with Gasteiger partial charge in [0.1, 0.15) is 18.0 Å². The molecule has 2 amide bonds. The molecule has 0 saturated carbocycles. The van der Waals surface area contributed by atoms with Crippen LogP contribution in [0, 0.1) is 0 Å². The van der Waals surface area contributed by atoms with E-state index in [1.165, 1.54) is 11.3 Å². The molecule has 2 heterocycles. The predicted octanol–water partition coefficient (Wildman–Crippen LogP) is 5.82. The van der Waals surface area contributed by atoms with Crippen molar-refractivity contribution in [2.45, 2.75) is 45.9 Å². The maximum atomic E-state index is 12.9. The monoisotopic (exact) mass is 516 g/mol. The minimum Gasteiger partial charge on any atom is -0.486 e. The Morgan fingerprint density at radius 2 is 1.84 bits per heavy atom. The van der Waals surface area contributed by atoms with Crippen molar-refractivity contribution in [1.82, 2.24) is 15.1 Å². The Balaban J connectivity index is 1.19. The van der Waals surface area contributed by atoms with Gasteiger partial charge in [-0.2, -0.15) is 0 Å². The van der Waals surface area contributed by atoms with E-state index < -0.39 is 5.60 Å². The number of nitrogens with zero attached hydrogens (tertiary/aromatic N) is 3. The molecule has 9 heteroatoms. The van der Waals surface area contributed by atoms with E-state index in [9.17, 15) is 9.59 Å². The van der Waals surface area contributed by atoms with Gasteiger partial charge < -0.3 is 14.4 Å². The van der Waals surface area contributed by atoms with E-state index in [1.807, 2.05) is 75.4 Å². The van der Waals surface area contributed by atoms with E-state index in [0.717, 1.165) is 27.6 Å². The molecule has 0 fully saturated rings. The van der Waals surface area contributed by atoms with Gasteiger partial charge in [0.15, 0.2) is 5.01 Å². The Bertz CT molecular complexity index is 1450. The zero-order chi connectivity index (χ0) is 26.0. The smallest absolute Gasteiger partial charge is 0.410 e. The van der Waals surface area contributed by atoms with Crippen LogP contribution in [0.5, 0.6) is 5.75 Å². The molecule has 190 valence electrons. The number of carbonyl (C=O) groups excluding carboxylic acids is 2. The molecule has 0 unspecified atom stereocenters. The van der Waals surface area contributed by atoms with Crippen molar-refractivity contribution in [1.29, 1.82) is 0 Å². The summed E-state index contributed by atoms with van der Waals surface area (Å²) in [6, 6.07) is 19.5. The number of anilines is 1. The molecule has 0 aliphatic carbocycles. The highest BCUT2D eigenvalue weighted by Crippen LogP contribution is 2.27. The van der Waals surface area contributed by atoms with Gasteiger partial charge in [-0.15, -0.1) is 10.2 Å². The molecule has 8 nitrogen and oxygen atoms in total. The van der Waals surface area contributed by atoms with Crippen LogP contribution in [0.3, 0.4) is 0 Å². The van der Waals surface area contributed by atoms with Crippen molar-refractivity contribution in [2.75, 3.05) is 11.9 Å². The second kappa shape index (κ2) is 10.2. The molecule has 0 spiro atoms. The van der Waals surface area contributed by atoms with Gasteiger partial charge in [0.2, 0.25) is 5.13 Å². The number of hydrogen-bond acceptors (Lipinski definition) is 7. The van der Waals surface area contributed by atoms with Crippen molar-refractivity contribution < 1.29 is 19.1 Å². The van der Waals surface area contributed by atoms with Crippen LogP contribution in [-0.4, -0.2) is 39.2 Å². The van der Waals surface area contributed by atoms with E-state index in [2.05, 4.69) is 15.5 Å². The fourth-order valence-corrected chi connectivity index (χ4v) is 4.82. The number of fused-ring (bicyclic) bond motifs is 2. The van der Waals surface area contributed by atoms with Crippen LogP contribution in [-0.2, 0) is 24.3 Å². The number of hydrogen-bond donors (Lipinski definition) is 1. The van der Waals surface area contributed by atoms with Gasteiger partial charge in [0, 0.05) is 24.0 Å². The molecule has 4 aromatic rings. The Labute approximate surface area is 219 Å². The molecule has 1 aromatic heterocycles. The summed E-state index contributed by atoms with van der Waals surface area (Å²) in [4.78, 5) is 27.0. The number of aromatic nitrogens is 2. The summed E-state index contributed by atoms with van der Waals surface area (Å²) in [5, 5.41) is 14.3. The van der Waals surface area contributed by atoms with E-state index in [-0.39, 0.29) is 18.6 Å². The number of nitrogens with one attached hydrogen (secondary N) is 1. The maximum Gasteiger partial charge on any atom is 0.410 e. The summed E-state index contributed by atoms with van der Waals surface area (Å²) in [6.07, 6.45) is 0.334. The van der Waals surface area contributed by atoms with Crippen LogP contribution >= 0.6 is 11.3 Å². The summed E-state index contributed by atoms with van der Waals surface area (Å²) < 4.78 is 11.5. The number of carbonyl (C=O) groups is 2. The predicted molar refractivity (Wildman–Crippen MR) is 143 cm³/mol. The summed E-state index contributed by atoms with van der Waals surface area (Å²) in [5.74, 6) is 0.522. The SMILES string of the molecule is CC(C)(C)OC(=O)N1CCc2cc(C(=O)Nc3nnc(COc4cccc5ccccc45)s3)ccc2C1. The summed E-state index contributed by atoms with van der Waals surface area (Å²) >= 11 is 1.28. The molecule has 0 saturated heterocycles. The number of amides is 2. The van der Waals surface area contributed by atoms with Crippen LogP contribution in [0.4, 0.5) is 9.93 Å². The van der Waals surface area contributed by atoms with Crippen molar-refractivity contribution in [3.8, 4) is 5.75 Å². The van der Waals surface area contributed by atoms with Gasteiger partial charge in [0.25, 0.3) is 5.91 Å². The minimum atomic E-state index is -0.536. The van der Waals surface area contributed by atoms with Gasteiger partial charge >= 0.3 is 6.09 Å². The average Bonchev–Trinajstić information content (AvgIpc) is 3.33. The van der Waals surface area contributed by atoms with Crippen LogP contribution in [0.1, 0.15) is 47.3 Å². The first-order valence-electron chi connectivity index (χ1n) is 12.1. The van der Waals surface area contributed by atoms with Crippen LogP contribution in [0.15, 0.2) is 60.7 Å². The standard InChI is InChI=1S/C28H28N4O4S/c1-28(2,3)36-27(34)32-14-13-19-15-20(11-12-21(19)16-32)25(33)29-26-31-30-24(37-26)17-35-23-10-6-8-18-7-4-5-9-22(18)23/h4-12,15H,13-14,16-17H2,1-3H3,(H,29,31,33). The Hall–Kier alpha value is -3.98. The third-order valence-electron chi connectivity index (χ3n) is 5.92. The maximum absolute atomic E-state index is 12.9. The van der Waals surface area contributed by atoms with Gasteiger partial charge in [0.05, 0.1) is 0 Å². The lowest BCUT2D eigenvalue weighted by Crippen LogP contribution is -2.39. The molecule has 37 heavy (non-hydrogen) atoms. The lowest BCUT2D eigenvalue weighted by Gasteiger charge is -2.31. The highest BCUT2D eigenvalue weighted by Gasteiger charge is 2.26. The second-order valence-electron chi connectivity index (χ2n) is 9.86. The van der Waals surface area contributed by atoms with E-state index in [0.29, 0.717) is 35.2 Å². The zero-order valence-corrected chi connectivity index (χ0v) is 21.8. The van der Waals surface area contributed by atoms with Crippen LogP contribution in [0.25, 0.3) is 10.8 Å². The zero-order valence-electron chi connectivity index (χ0n) is 21.0. The lowest BCUT2D eigenvalue weighted by molar-refractivity contribution is 0.0224. The molecular weight excluding hydrogens is 488 g/mol. The highest BCUT2D eigenvalue weighted by atomic mass is 32.1. The minimum absolute atomic E-state index is 0.255. The third-order valence-corrected chi connectivity index (χ3v) is 6.73. The van der Waals surface area contributed by atoms with E-state index >= 15 is 0 Å². The summed E-state index contributed by atoms with van der Waals surface area (Å²) in [7, 11) is 0. The summed E-state index contributed by atoms with van der Waals surface area (Å²) in [5.41, 5.74) is 2.06. The van der Waals surface area contributed by atoms with E-state index in [1.54, 1.807) is 11.0 Å². The molecule has 5 rings (SSSR count). The topological polar surface area (TPSA) is 93.7 Å². The third kappa shape index (κ3) is 5.89. The van der Waals surface area contributed by atoms with Crippen molar-refractivity contribution in [3.05, 3.63) is 82.4 Å². The molecule has 3 aromatic carbocycles. The van der Waals surface area contributed by atoms with E-state index in [4.69, 9.17) is 9.47 Å². The first kappa shape index (κ1) is 24.7. The fraction of sp³-hybridized carbons (Fsp3) is 0.286. The van der Waals surface area contributed by atoms with Crippen LogP contribution in [0.2, 0.25) is 0 Å². The first-order valence-corrected chi connectivity index (χ1v) is 12.9. The van der Waals surface area contributed by atoms with Crippen LogP contribution < -0.4 is 10.1 Å². The van der Waals surface area contributed by atoms with Crippen molar-refractivity contribution >= 4 is 39.2 Å². The molecule has 1 aliphatic heterocycles. The van der Waals surface area contributed by atoms with Gasteiger partial charge in [-0.3, -0.25) is 10.1 Å². The number of benzene rings is 3. The molecule has 0 radical (unpaired) electrons. The number of rotatable bonds is 5. The molecule has 0 bridgehead atoms. The fourth-order valence-electron chi connectivity index (χ4n) is 4.17. The Morgan fingerprint density at radius 3 is 2.68 bits per heavy atom. The van der Waals surface area contributed by atoms with Gasteiger partial charge in [-0.25, -0.2) is 4.79 Å². The second-order valence-corrected chi connectivity index (χ2v) is 10.9. The normalized spacial score (nSPS) is 13.2.